The Morgan fingerprint density at radius 3 is 2.18 bits per heavy atom. The van der Waals surface area contributed by atoms with Gasteiger partial charge in [0.2, 0.25) is 0 Å². The molecule has 5 rings (SSSR count). The van der Waals surface area contributed by atoms with Crippen LogP contribution in [0.4, 0.5) is 0 Å². The van der Waals surface area contributed by atoms with Crippen molar-refractivity contribution in [3.05, 3.63) is 89.0 Å². The Hall–Kier alpha value is -3.64. The minimum absolute atomic E-state index is 0.109. The summed E-state index contributed by atoms with van der Waals surface area (Å²) in [5, 5.41) is 9.94. The van der Waals surface area contributed by atoms with Gasteiger partial charge in [-0.2, -0.15) is 0 Å². The first-order valence-corrected chi connectivity index (χ1v) is 11.0. The summed E-state index contributed by atoms with van der Waals surface area (Å²) in [7, 11) is 1.55. The fraction of sp³-hybridized carbons (Fsp3) is 0.259. The van der Waals surface area contributed by atoms with Crippen LogP contribution in [0, 0.1) is 0 Å². The highest BCUT2D eigenvalue weighted by Gasteiger charge is 2.51. The van der Waals surface area contributed by atoms with Crippen LogP contribution in [0.2, 0.25) is 0 Å². The van der Waals surface area contributed by atoms with E-state index in [0.29, 0.717) is 17.7 Å². The molecule has 0 aromatic heterocycles. The van der Waals surface area contributed by atoms with Crippen molar-refractivity contribution in [2.75, 3.05) is 13.7 Å². The number of esters is 1. The Balaban J connectivity index is 1.48. The molecule has 0 aliphatic heterocycles. The second-order valence-corrected chi connectivity index (χ2v) is 8.66. The van der Waals surface area contributed by atoms with Gasteiger partial charge in [0.25, 0.3) is 0 Å². The summed E-state index contributed by atoms with van der Waals surface area (Å²) in [5.74, 6) is -2.46. The van der Waals surface area contributed by atoms with Gasteiger partial charge in [0.15, 0.2) is 0 Å². The van der Waals surface area contributed by atoms with Gasteiger partial charge in [-0.15, -0.1) is 0 Å². The minimum atomic E-state index is -1.75. The van der Waals surface area contributed by atoms with Crippen LogP contribution in [0.25, 0.3) is 11.1 Å². The molecule has 0 fully saturated rings. The standard InChI is InChI=1S/C27H25NO5/c1-32-23-12-6-11-21-20(23)13-14-27(28,26(30)31)24(21)25(29)33-15-22-18-9-4-2-7-16(18)17-8-3-5-10-19(17)22/h2-12,22,24H,13-15,28H2,1H3,(H,30,31). The smallest absolute Gasteiger partial charge is 0.324 e. The van der Waals surface area contributed by atoms with E-state index in [4.69, 9.17) is 15.2 Å². The molecule has 0 bridgehead atoms. The highest BCUT2D eigenvalue weighted by Crippen LogP contribution is 2.46. The molecule has 6 heteroatoms. The van der Waals surface area contributed by atoms with Gasteiger partial charge in [-0.05, 0) is 52.3 Å². The van der Waals surface area contributed by atoms with Crippen molar-refractivity contribution in [1.29, 1.82) is 0 Å². The Morgan fingerprint density at radius 1 is 0.970 bits per heavy atom. The number of nitrogens with two attached hydrogens (primary N) is 1. The molecule has 2 atom stereocenters. The number of carbonyl (C=O) groups is 2. The molecule has 2 aliphatic carbocycles. The molecule has 0 spiro atoms. The molecule has 2 unspecified atom stereocenters. The topological polar surface area (TPSA) is 98.9 Å². The summed E-state index contributed by atoms with van der Waals surface area (Å²) in [6.07, 6.45) is 0.528. The molecule has 3 N–H and O–H groups in total. The second-order valence-electron chi connectivity index (χ2n) is 8.66. The first-order valence-electron chi connectivity index (χ1n) is 11.0. The Bertz CT molecular complexity index is 1210. The predicted molar refractivity (Wildman–Crippen MR) is 123 cm³/mol. The molecule has 33 heavy (non-hydrogen) atoms. The van der Waals surface area contributed by atoms with Crippen LogP contribution < -0.4 is 10.5 Å². The third kappa shape index (κ3) is 3.29. The number of methoxy groups -OCH3 is 1. The van der Waals surface area contributed by atoms with Gasteiger partial charge in [-0.1, -0.05) is 60.7 Å². The van der Waals surface area contributed by atoms with Crippen LogP contribution in [0.3, 0.4) is 0 Å². The minimum Gasteiger partial charge on any atom is -0.496 e. The molecule has 0 amide bonds. The average Bonchev–Trinajstić information content (AvgIpc) is 3.15. The predicted octanol–water partition coefficient (Wildman–Crippen LogP) is 3.86. The van der Waals surface area contributed by atoms with E-state index >= 15 is 0 Å². The zero-order chi connectivity index (χ0) is 23.2. The molecule has 168 valence electrons. The van der Waals surface area contributed by atoms with Gasteiger partial charge in [-0.25, -0.2) is 0 Å². The number of ether oxygens (including phenoxy) is 2. The quantitative estimate of drug-likeness (QED) is 0.581. The number of aliphatic carboxylic acids is 1. The summed E-state index contributed by atoms with van der Waals surface area (Å²) < 4.78 is 11.3. The van der Waals surface area contributed by atoms with Crippen LogP contribution >= 0.6 is 0 Å². The van der Waals surface area contributed by atoms with E-state index < -0.39 is 23.4 Å². The molecule has 6 nitrogen and oxygen atoms in total. The Kier molecular flexibility index (Phi) is 5.17. The highest BCUT2D eigenvalue weighted by molar-refractivity contribution is 5.92. The van der Waals surface area contributed by atoms with Gasteiger partial charge in [0.05, 0.1) is 7.11 Å². The van der Waals surface area contributed by atoms with Crippen LogP contribution in [0.15, 0.2) is 66.7 Å². The van der Waals surface area contributed by atoms with E-state index in [1.54, 1.807) is 25.3 Å². The Labute approximate surface area is 192 Å². The maximum Gasteiger partial charge on any atom is 0.324 e. The average molecular weight is 443 g/mol. The van der Waals surface area contributed by atoms with Gasteiger partial charge in [-0.3, -0.25) is 9.59 Å². The molecule has 3 aromatic carbocycles. The number of rotatable bonds is 5. The molecule has 2 aliphatic rings. The van der Waals surface area contributed by atoms with Crippen molar-refractivity contribution in [2.45, 2.75) is 30.2 Å². The third-order valence-electron chi connectivity index (χ3n) is 6.99. The zero-order valence-corrected chi connectivity index (χ0v) is 18.3. The lowest BCUT2D eigenvalue weighted by Gasteiger charge is -2.38. The molecular formula is C27H25NO5. The van der Waals surface area contributed by atoms with E-state index in [1.165, 1.54) is 0 Å². The number of benzene rings is 3. The van der Waals surface area contributed by atoms with E-state index in [2.05, 4.69) is 12.1 Å². The van der Waals surface area contributed by atoms with Crippen LogP contribution in [-0.4, -0.2) is 36.3 Å². The van der Waals surface area contributed by atoms with Crippen LogP contribution in [-0.2, 0) is 20.7 Å². The van der Waals surface area contributed by atoms with Crippen LogP contribution in [0.5, 0.6) is 5.75 Å². The van der Waals surface area contributed by atoms with Crippen molar-refractivity contribution < 1.29 is 24.2 Å². The van der Waals surface area contributed by atoms with Gasteiger partial charge in [0.1, 0.15) is 23.8 Å². The Morgan fingerprint density at radius 2 is 1.58 bits per heavy atom. The second kappa shape index (κ2) is 8.05. The first kappa shape index (κ1) is 21.2. The third-order valence-corrected chi connectivity index (χ3v) is 6.99. The molecular weight excluding hydrogens is 418 g/mol. The lowest BCUT2D eigenvalue weighted by molar-refractivity contribution is -0.156. The summed E-state index contributed by atoms with van der Waals surface area (Å²) in [4.78, 5) is 25.6. The molecule has 0 saturated heterocycles. The largest absolute Gasteiger partial charge is 0.496 e. The number of carbonyl (C=O) groups excluding carboxylic acids is 1. The number of hydrogen-bond acceptors (Lipinski definition) is 5. The van der Waals surface area contributed by atoms with Crippen molar-refractivity contribution in [3.8, 4) is 16.9 Å². The molecule has 0 radical (unpaired) electrons. The van der Waals surface area contributed by atoms with E-state index in [0.717, 1.165) is 27.8 Å². The fourth-order valence-electron chi connectivity index (χ4n) is 5.32. The van der Waals surface area contributed by atoms with Crippen molar-refractivity contribution in [2.24, 2.45) is 5.73 Å². The monoisotopic (exact) mass is 443 g/mol. The molecule has 0 saturated carbocycles. The maximum atomic E-state index is 13.5. The molecule has 3 aromatic rings. The summed E-state index contributed by atoms with van der Waals surface area (Å²) >= 11 is 0. The lowest BCUT2D eigenvalue weighted by Crippen LogP contribution is -2.57. The van der Waals surface area contributed by atoms with Crippen molar-refractivity contribution >= 4 is 11.9 Å². The van der Waals surface area contributed by atoms with E-state index in [-0.39, 0.29) is 18.9 Å². The number of fused-ring (bicyclic) bond motifs is 4. The van der Waals surface area contributed by atoms with Crippen molar-refractivity contribution in [1.82, 2.24) is 0 Å². The van der Waals surface area contributed by atoms with Crippen LogP contribution in [0.1, 0.15) is 40.5 Å². The highest BCUT2D eigenvalue weighted by atomic mass is 16.5. The maximum absolute atomic E-state index is 13.5. The summed E-state index contributed by atoms with van der Waals surface area (Å²) in [6, 6.07) is 21.4. The zero-order valence-electron chi connectivity index (χ0n) is 18.3. The molecule has 0 heterocycles. The van der Waals surface area contributed by atoms with E-state index in [9.17, 15) is 14.7 Å². The van der Waals surface area contributed by atoms with Gasteiger partial charge in [0, 0.05) is 5.92 Å². The number of hydrogen-bond donors (Lipinski definition) is 2. The lowest BCUT2D eigenvalue weighted by atomic mass is 9.69. The number of carboxylic acid groups (broad SMARTS) is 1. The van der Waals surface area contributed by atoms with E-state index in [1.807, 2.05) is 36.4 Å². The number of carboxylic acids is 1. The normalized spacial score (nSPS) is 21.0. The van der Waals surface area contributed by atoms with Gasteiger partial charge >= 0.3 is 11.9 Å². The summed E-state index contributed by atoms with van der Waals surface area (Å²) in [5.41, 5.74) is 10.4. The fourth-order valence-corrected chi connectivity index (χ4v) is 5.32. The first-order chi connectivity index (χ1) is 16.0. The van der Waals surface area contributed by atoms with Gasteiger partial charge < -0.3 is 20.3 Å². The van der Waals surface area contributed by atoms with Crippen molar-refractivity contribution in [3.63, 3.8) is 0 Å². The summed E-state index contributed by atoms with van der Waals surface area (Å²) in [6.45, 7) is 0.109. The SMILES string of the molecule is COc1cccc2c1CCC(N)(C(=O)O)C2C(=O)OCC1c2ccccc2-c2ccccc21.